The summed E-state index contributed by atoms with van der Waals surface area (Å²) in [5.41, 5.74) is 14.8. The van der Waals surface area contributed by atoms with E-state index in [1.165, 1.54) is 103 Å². The van der Waals surface area contributed by atoms with Crippen molar-refractivity contribution in [2.24, 2.45) is 10.9 Å². The van der Waals surface area contributed by atoms with Crippen LogP contribution in [0.2, 0.25) is 0 Å². The van der Waals surface area contributed by atoms with Crippen LogP contribution in [0.4, 0.5) is 5.69 Å². The van der Waals surface area contributed by atoms with Crippen LogP contribution in [0.3, 0.4) is 0 Å². The second-order valence-electron chi connectivity index (χ2n) is 16.1. The molecule has 2 unspecified atom stereocenters. The molecule has 0 bridgehead atoms. The first-order chi connectivity index (χ1) is 29.2. The van der Waals surface area contributed by atoms with Gasteiger partial charge in [0.15, 0.2) is 0 Å². The molecular formula is C55H37N3S. The molecule has 13 rings (SSSR count). The summed E-state index contributed by atoms with van der Waals surface area (Å²) < 4.78 is 6.29. The molecule has 4 heteroatoms. The molecule has 59 heavy (non-hydrogen) atoms. The van der Waals surface area contributed by atoms with E-state index in [0.29, 0.717) is 0 Å². The predicted octanol–water partition coefficient (Wildman–Crippen LogP) is 15.1. The van der Waals surface area contributed by atoms with Gasteiger partial charge in [0, 0.05) is 64.8 Å². The van der Waals surface area contributed by atoms with Crippen LogP contribution in [0.5, 0.6) is 0 Å². The summed E-state index contributed by atoms with van der Waals surface area (Å²) in [6.07, 6.45) is 0.985. The molecule has 1 aliphatic heterocycles. The van der Waals surface area contributed by atoms with Crippen LogP contribution in [-0.2, 0) is 0 Å². The Hall–Kier alpha value is -7.01. The Morgan fingerprint density at radius 1 is 0.508 bits per heavy atom. The average molecular weight is 772 g/mol. The summed E-state index contributed by atoms with van der Waals surface area (Å²) in [5, 5.41) is 9.00. The number of para-hydroxylation sites is 3. The van der Waals surface area contributed by atoms with Gasteiger partial charge in [-0.15, -0.1) is 11.3 Å². The van der Waals surface area contributed by atoms with Gasteiger partial charge >= 0.3 is 0 Å². The molecule has 0 spiro atoms. The zero-order chi connectivity index (χ0) is 38.8. The van der Waals surface area contributed by atoms with Crippen molar-refractivity contribution in [2.75, 3.05) is 0 Å². The molecule has 1 aliphatic rings. The van der Waals surface area contributed by atoms with E-state index in [0.717, 1.165) is 17.8 Å². The standard InChI is InChI=1S/C55H37N3S/c1-2-38-49(35-26-24-34(25-27-35)33-14-4-3-5-15-33)55-52(42-19-9-13-23-48(42)59-55)56-51(38)36-28-30-37(31-29-36)57-45-20-10-6-16-39(45)43-32-44-40-17-7-11-21-46(40)58-47-22-12-8-18-41(47)50(53(43)57)54(44)58/h3-32,38,49H,2H2,1H3. The van der Waals surface area contributed by atoms with E-state index in [1.807, 2.05) is 11.3 Å². The summed E-state index contributed by atoms with van der Waals surface area (Å²) in [6.45, 7) is 2.33. The minimum atomic E-state index is 0.208. The molecular weight excluding hydrogens is 735 g/mol. The van der Waals surface area contributed by atoms with E-state index in [9.17, 15) is 0 Å². The SMILES string of the molecule is CCC1C(c2ccc(-n3c4ccccc4c4cc5c6ccccc6n6c7ccccc7c(c43)c56)cc2)=Nc2c(sc3ccccc23)C1c1ccc(-c2ccccc2)cc1. The van der Waals surface area contributed by atoms with Gasteiger partial charge in [-0.1, -0.05) is 146 Å². The Morgan fingerprint density at radius 3 is 1.83 bits per heavy atom. The highest BCUT2D eigenvalue weighted by Crippen LogP contribution is 2.52. The van der Waals surface area contributed by atoms with Crippen LogP contribution in [0, 0.1) is 5.92 Å². The summed E-state index contributed by atoms with van der Waals surface area (Å²) in [4.78, 5) is 6.99. The minimum absolute atomic E-state index is 0.208. The zero-order valence-electron chi connectivity index (χ0n) is 32.4. The van der Waals surface area contributed by atoms with Crippen molar-refractivity contribution < 1.29 is 0 Å². The smallest absolute Gasteiger partial charge is 0.0857 e. The minimum Gasteiger partial charge on any atom is -0.309 e. The van der Waals surface area contributed by atoms with Crippen LogP contribution in [0.1, 0.15) is 35.3 Å². The number of benzene rings is 8. The molecule has 5 heterocycles. The third-order valence-corrected chi connectivity index (χ3v) is 14.3. The first-order valence-corrected chi connectivity index (χ1v) is 21.5. The van der Waals surface area contributed by atoms with E-state index in [-0.39, 0.29) is 11.8 Å². The van der Waals surface area contributed by atoms with E-state index >= 15 is 0 Å². The number of fused-ring (bicyclic) bond motifs is 13. The fraction of sp³-hybridized carbons (Fsp3) is 0.0727. The summed E-state index contributed by atoms with van der Waals surface area (Å²) in [5.74, 6) is 0.435. The van der Waals surface area contributed by atoms with E-state index < -0.39 is 0 Å². The Labute approximate surface area is 345 Å². The van der Waals surface area contributed by atoms with Gasteiger partial charge in [0.1, 0.15) is 0 Å². The fourth-order valence-corrected chi connectivity index (χ4v) is 11.9. The Morgan fingerprint density at radius 2 is 1.08 bits per heavy atom. The first-order valence-electron chi connectivity index (χ1n) is 20.7. The maximum absolute atomic E-state index is 5.62. The Balaban J connectivity index is 1.00. The lowest BCUT2D eigenvalue weighted by Crippen LogP contribution is -2.26. The number of aromatic nitrogens is 2. The molecule has 2 atom stereocenters. The van der Waals surface area contributed by atoms with Crippen LogP contribution < -0.4 is 0 Å². The third-order valence-electron chi connectivity index (χ3n) is 13.1. The van der Waals surface area contributed by atoms with Gasteiger partial charge in [-0.05, 0) is 71.1 Å². The number of aliphatic imine (C=N–C) groups is 1. The van der Waals surface area contributed by atoms with Crippen molar-refractivity contribution in [3.8, 4) is 16.8 Å². The monoisotopic (exact) mass is 771 g/mol. The quantitative estimate of drug-likeness (QED) is 0.166. The van der Waals surface area contributed by atoms with Gasteiger partial charge in [-0.3, -0.25) is 4.99 Å². The number of nitrogens with zero attached hydrogens (tertiary/aromatic N) is 3. The van der Waals surface area contributed by atoms with Crippen molar-refractivity contribution in [2.45, 2.75) is 19.3 Å². The molecule has 278 valence electrons. The maximum atomic E-state index is 5.62. The van der Waals surface area contributed by atoms with Gasteiger partial charge in [0.2, 0.25) is 0 Å². The second-order valence-corrected chi connectivity index (χ2v) is 17.2. The molecule has 0 fully saturated rings. The molecule has 4 aromatic heterocycles. The normalized spacial score (nSPS) is 15.7. The van der Waals surface area contributed by atoms with Gasteiger partial charge in [0.25, 0.3) is 0 Å². The lowest BCUT2D eigenvalue weighted by atomic mass is 9.76. The van der Waals surface area contributed by atoms with Gasteiger partial charge in [0.05, 0.1) is 39.0 Å². The third kappa shape index (κ3) is 4.61. The van der Waals surface area contributed by atoms with E-state index in [2.05, 4.69) is 198 Å². The summed E-state index contributed by atoms with van der Waals surface area (Å²) in [6, 6.07) is 67.3. The number of hydrogen-bond acceptors (Lipinski definition) is 2. The largest absolute Gasteiger partial charge is 0.309 e. The van der Waals surface area contributed by atoms with E-state index in [4.69, 9.17) is 4.99 Å². The first kappa shape index (κ1) is 33.0. The summed E-state index contributed by atoms with van der Waals surface area (Å²) >= 11 is 1.92. The van der Waals surface area contributed by atoms with E-state index in [1.54, 1.807) is 0 Å². The molecule has 0 saturated carbocycles. The summed E-state index contributed by atoms with van der Waals surface area (Å²) in [7, 11) is 0. The molecule has 3 nitrogen and oxygen atoms in total. The second kappa shape index (κ2) is 12.5. The van der Waals surface area contributed by atoms with Crippen molar-refractivity contribution >= 4 is 92.7 Å². The fourth-order valence-electron chi connectivity index (χ4n) is 10.5. The molecule has 0 aliphatic carbocycles. The van der Waals surface area contributed by atoms with Crippen molar-refractivity contribution in [1.82, 2.24) is 8.97 Å². The van der Waals surface area contributed by atoms with Crippen LogP contribution in [0.15, 0.2) is 187 Å². The van der Waals surface area contributed by atoms with Crippen molar-refractivity contribution in [1.29, 1.82) is 0 Å². The Bertz CT molecular complexity index is 3640. The van der Waals surface area contributed by atoms with Gasteiger partial charge in [-0.2, -0.15) is 0 Å². The molecule has 0 radical (unpaired) electrons. The molecule has 0 amide bonds. The zero-order valence-corrected chi connectivity index (χ0v) is 33.2. The lowest BCUT2D eigenvalue weighted by molar-refractivity contribution is 0.585. The number of thiophene rings is 1. The van der Waals surface area contributed by atoms with Crippen molar-refractivity contribution in [3.05, 3.63) is 198 Å². The van der Waals surface area contributed by atoms with Gasteiger partial charge in [-0.25, -0.2) is 0 Å². The molecule has 0 N–H and O–H groups in total. The van der Waals surface area contributed by atoms with Crippen LogP contribution in [-0.4, -0.2) is 14.7 Å². The van der Waals surface area contributed by atoms with Crippen LogP contribution >= 0.6 is 11.3 Å². The lowest BCUT2D eigenvalue weighted by Gasteiger charge is -2.32. The average Bonchev–Trinajstić information content (AvgIpc) is 4.04. The highest BCUT2D eigenvalue weighted by molar-refractivity contribution is 7.20. The van der Waals surface area contributed by atoms with Crippen LogP contribution in [0.25, 0.3) is 86.8 Å². The van der Waals surface area contributed by atoms with Gasteiger partial charge < -0.3 is 8.97 Å². The predicted molar refractivity (Wildman–Crippen MR) is 251 cm³/mol. The Kier molecular flexibility index (Phi) is 6.99. The van der Waals surface area contributed by atoms with Crippen molar-refractivity contribution in [3.63, 3.8) is 0 Å². The number of rotatable bonds is 5. The topological polar surface area (TPSA) is 21.7 Å². The highest BCUT2D eigenvalue weighted by atomic mass is 32.1. The molecule has 8 aromatic carbocycles. The number of hydrogen-bond donors (Lipinski definition) is 0. The highest BCUT2D eigenvalue weighted by Gasteiger charge is 2.36. The molecule has 0 saturated heterocycles. The maximum Gasteiger partial charge on any atom is 0.0857 e. The molecule has 12 aromatic rings.